The summed E-state index contributed by atoms with van der Waals surface area (Å²) in [6.45, 7) is 0. The van der Waals surface area contributed by atoms with E-state index in [1.807, 2.05) is 18.6 Å². The Morgan fingerprint density at radius 3 is 1.10 bits per heavy atom. The van der Waals surface area contributed by atoms with Gasteiger partial charge in [0.2, 0.25) is 0 Å². The molecule has 0 radical (unpaired) electrons. The van der Waals surface area contributed by atoms with E-state index in [2.05, 4.69) is 15.0 Å². The van der Waals surface area contributed by atoms with Crippen LogP contribution in [0.5, 0.6) is 0 Å². The minimum Gasteiger partial charge on any atom is -0.301 e. The monoisotopic (exact) mass is 399 g/mol. The van der Waals surface area contributed by atoms with E-state index in [4.69, 9.17) is 33.2 Å². The van der Waals surface area contributed by atoms with Gasteiger partial charge >= 0.3 is 0 Å². The van der Waals surface area contributed by atoms with Crippen LogP contribution in [0.2, 0.25) is 35.1 Å². The highest BCUT2D eigenvalue weighted by Gasteiger charge is 2.56. The molecule has 0 aromatic heterocycles. The first-order valence-corrected chi connectivity index (χ1v) is 18.0. The SMILES string of the molecule is CN=CC[Si]1(Cl)C[Si](Cl)(CC=NC)C[Si](Cl)(CC=NC)C1. The molecule has 1 aliphatic rings. The lowest BCUT2D eigenvalue weighted by Crippen LogP contribution is -2.56. The first-order valence-electron chi connectivity index (χ1n) is 7.09. The van der Waals surface area contributed by atoms with E-state index in [-0.39, 0.29) is 0 Å². The Kier molecular flexibility index (Phi) is 7.83. The van der Waals surface area contributed by atoms with Gasteiger partial charge in [-0.1, -0.05) is 0 Å². The highest BCUT2D eigenvalue weighted by molar-refractivity contribution is 7.46. The van der Waals surface area contributed by atoms with Gasteiger partial charge in [-0.3, -0.25) is 0 Å². The molecule has 0 aromatic rings. The molecular weight excluding hydrogens is 377 g/mol. The van der Waals surface area contributed by atoms with Crippen LogP contribution < -0.4 is 0 Å². The Morgan fingerprint density at radius 1 is 0.667 bits per heavy atom. The van der Waals surface area contributed by atoms with Crippen LogP contribution in [0.15, 0.2) is 15.0 Å². The molecule has 0 bridgehead atoms. The summed E-state index contributed by atoms with van der Waals surface area (Å²) in [5.74, 6) is 0. The Morgan fingerprint density at radius 2 is 0.905 bits per heavy atom. The largest absolute Gasteiger partial charge is 0.301 e. The van der Waals surface area contributed by atoms with Crippen LogP contribution in [0.3, 0.4) is 0 Å². The van der Waals surface area contributed by atoms with Crippen LogP contribution in [-0.2, 0) is 0 Å². The van der Waals surface area contributed by atoms with Crippen molar-refractivity contribution in [3.8, 4) is 0 Å². The highest BCUT2D eigenvalue weighted by atomic mass is 35.6. The molecule has 0 aromatic carbocycles. The van der Waals surface area contributed by atoms with Crippen LogP contribution in [0.4, 0.5) is 0 Å². The molecule has 1 fully saturated rings. The zero-order valence-electron chi connectivity index (χ0n) is 13.0. The second-order valence-electron chi connectivity index (χ2n) is 5.92. The van der Waals surface area contributed by atoms with Crippen LogP contribution in [0.25, 0.3) is 0 Å². The smallest absolute Gasteiger partial charge is 0.158 e. The fourth-order valence-corrected chi connectivity index (χ4v) is 42.9. The fraction of sp³-hybridized carbons (Fsp3) is 0.750. The first-order chi connectivity index (χ1) is 9.80. The van der Waals surface area contributed by atoms with Gasteiger partial charge in [0.25, 0.3) is 0 Å². The van der Waals surface area contributed by atoms with Crippen molar-refractivity contribution in [1.29, 1.82) is 0 Å². The molecule has 0 atom stereocenters. The number of hydrogen-bond donors (Lipinski definition) is 0. The van der Waals surface area contributed by atoms with Gasteiger partial charge in [-0.2, -0.15) is 33.2 Å². The molecule has 1 saturated heterocycles. The number of halogens is 3. The van der Waals surface area contributed by atoms with E-state index in [0.29, 0.717) is 0 Å². The van der Waals surface area contributed by atoms with Gasteiger partial charge in [0.05, 0.1) is 0 Å². The van der Waals surface area contributed by atoms with E-state index < -0.39 is 22.2 Å². The molecule has 1 rings (SSSR count). The normalized spacial score (nSPS) is 38.0. The second-order valence-corrected chi connectivity index (χ2v) is 25.5. The molecule has 0 unspecified atom stereocenters. The predicted molar refractivity (Wildman–Crippen MR) is 107 cm³/mol. The van der Waals surface area contributed by atoms with Crippen LogP contribution in [-0.4, -0.2) is 61.9 Å². The van der Waals surface area contributed by atoms with E-state index in [1.54, 1.807) is 21.1 Å². The molecule has 0 N–H and O–H groups in total. The fourth-order valence-electron chi connectivity index (χ4n) is 3.09. The van der Waals surface area contributed by atoms with Gasteiger partial charge < -0.3 is 15.0 Å². The summed E-state index contributed by atoms with van der Waals surface area (Å²) in [4.78, 5) is 12.3. The minimum absolute atomic E-state index is 0.876. The highest BCUT2D eigenvalue weighted by Crippen LogP contribution is 2.49. The third-order valence-electron chi connectivity index (χ3n) is 3.82. The maximum absolute atomic E-state index is 7.04. The van der Waals surface area contributed by atoms with Crippen molar-refractivity contribution in [3.63, 3.8) is 0 Å². The lowest BCUT2D eigenvalue weighted by atomic mass is 10.9. The van der Waals surface area contributed by atoms with Crippen molar-refractivity contribution in [2.24, 2.45) is 15.0 Å². The molecule has 0 aliphatic carbocycles. The van der Waals surface area contributed by atoms with Gasteiger partial charge in [-0.25, -0.2) is 0 Å². The van der Waals surface area contributed by atoms with Crippen LogP contribution in [0.1, 0.15) is 0 Å². The third-order valence-corrected chi connectivity index (χ3v) is 30.4. The van der Waals surface area contributed by atoms with E-state index >= 15 is 0 Å². The maximum atomic E-state index is 7.04. The van der Waals surface area contributed by atoms with Crippen molar-refractivity contribution in [1.82, 2.24) is 0 Å². The van der Waals surface area contributed by atoms with Crippen LogP contribution in [0, 0.1) is 0 Å². The lowest BCUT2D eigenvalue weighted by molar-refractivity contribution is 1.37. The zero-order valence-corrected chi connectivity index (χ0v) is 18.2. The summed E-state index contributed by atoms with van der Waals surface area (Å²) in [5.41, 5.74) is 3.02. The number of nitrogens with zero attached hydrogens (tertiary/aromatic N) is 3. The average molecular weight is 401 g/mol. The van der Waals surface area contributed by atoms with E-state index in [1.165, 1.54) is 0 Å². The Hall–Kier alpha value is 0.531. The van der Waals surface area contributed by atoms with E-state index in [9.17, 15) is 0 Å². The summed E-state index contributed by atoms with van der Waals surface area (Å²) in [6.07, 6.45) is 5.84. The minimum atomic E-state index is -1.97. The zero-order chi connectivity index (χ0) is 16.0. The molecule has 9 heteroatoms. The summed E-state index contributed by atoms with van der Waals surface area (Å²) >= 11 is 21.1. The number of rotatable bonds is 6. The Labute approximate surface area is 145 Å². The molecule has 1 aliphatic heterocycles. The van der Waals surface area contributed by atoms with Crippen LogP contribution >= 0.6 is 33.2 Å². The molecule has 0 spiro atoms. The van der Waals surface area contributed by atoms with Crippen molar-refractivity contribution in [3.05, 3.63) is 0 Å². The quantitative estimate of drug-likeness (QED) is 0.362. The number of aliphatic imine (C=N–C) groups is 3. The van der Waals surface area contributed by atoms with Crippen molar-refractivity contribution < 1.29 is 0 Å². The Bertz CT molecular complexity index is 361. The van der Waals surface area contributed by atoms with Gasteiger partial charge in [0.15, 0.2) is 22.2 Å². The van der Waals surface area contributed by atoms with Gasteiger partial charge in [0.1, 0.15) is 0 Å². The topological polar surface area (TPSA) is 37.1 Å². The van der Waals surface area contributed by atoms with Crippen molar-refractivity contribution in [2.45, 2.75) is 35.1 Å². The van der Waals surface area contributed by atoms with Gasteiger partial charge in [0, 0.05) is 21.1 Å². The summed E-state index contributed by atoms with van der Waals surface area (Å²) in [7, 11) is -0.528. The molecule has 0 saturated carbocycles. The van der Waals surface area contributed by atoms with Gasteiger partial charge in [-0.15, -0.1) is 0 Å². The average Bonchev–Trinajstić information content (AvgIpc) is 2.39. The van der Waals surface area contributed by atoms with Crippen molar-refractivity contribution >= 4 is 74.0 Å². The summed E-state index contributed by atoms with van der Waals surface area (Å²) < 4.78 is 0. The number of hydrogen-bond acceptors (Lipinski definition) is 3. The molecule has 0 amide bonds. The standard InChI is InChI=1S/C12H24Cl3N3Si3/c1-16-4-7-19(13)10-20(14,8-5-17-2)12-21(15,11-19)9-6-18-3/h4-6H,7-12H2,1-3H3. The second kappa shape index (κ2) is 8.40. The molecule has 1 heterocycles. The Balaban J connectivity index is 3.02. The summed E-state index contributed by atoms with van der Waals surface area (Å²) in [6, 6.07) is 2.63. The van der Waals surface area contributed by atoms with Gasteiger partial charge in [-0.05, 0) is 53.8 Å². The maximum Gasteiger partial charge on any atom is 0.158 e. The lowest BCUT2D eigenvalue weighted by Gasteiger charge is -2.44. The first kappa shape index (κ1) is 19.6. The third kappa shape index (κ3) is 6.27. The molecule has 120 valence electrons. The molecular formula is C12H24Cl3N3Si3. The summed E-state index contributed by atoms with van der Waals surface area (Å²) in [5, 5.41) is 0. The molecule has 3 nitrogen and oxygen atoms in total. The van der Waals surface area contributed by atoms with E-state index in [0.717, 1.165) is 35.1 Å². The molecule has 21 heavy (non-hydrogen) atoms. The van der Waals surface area contributed by atoms with Crippen molar-refractivity contribution in [2.75, 3.05) is 21.1 Å². The predicted octanol–water partition coefficient (Wildman–Crippen LogP) is 4.27.